The number of aromatic nitrogens is 2. The van der Waals surface area contributed by atoms with Crippen molar-refractivity contribution in [1.29, 1.82) is 0 Å². The zero-order chi connectivity index (χ0) is 32.2. The Labute approximate surface area is 277 Å². The van der Waals surface area contributed by atoms with E-state index in [4.69, 9.17) is 0 Å². The normalized spacial score (nSPS) is 21.2. The third kappa shape index (κ3) is 7.31. The van der Waals surface area contributed by atoms with Crippen LogP contribution in [0.1, 0.15) is 49.7 Å². The van der Waals surface area contributed by atoms with Crippen LogP contribution >= 0.6 is 0 Å². The van der Waals surface area contributed by atoms with Gasteiger partial charge < -0.3 is 25.3 Å². The molecule has 11 nitrogen and oxygen atoms in total. The van der Waals surface area contributed by atoms with Gasteiger partial charge in [-0.25, -0.2) is 4.79 Å². The molecule has 0 radical (unpaired) electrons. The molecule has 4 aliphatic heterocycles. The third-order valence-electron chi connectivity index (χ3n) is 10.8. The highest BCUT2D eigenvalue weighted by Crippen LogP contribution is 2.27. The first-order valence-corrected chi connectivity index (χ1v) is 17.6. The molecule has 3 fully saturated rings. The van der Waals surface area contributed by atoms with E-state index in [0.29, 0.717) is 32.1 Å². The van der Waals surface area contributed by atoms with Crippen molar-refractivity contribution in [1.82, 2.24) is 35.1 Å². The van der Waals surface area contributed by atoms with Crippen LogP contribution in [0, 0.1) is 5.92 Å². The van der Waals surface area contributed by atoms with E-state index >= 15 is 0 Å². The summed E-state index contributed by atoms with van der Waals surface area (Å²) in [6.45, 7) is 7.64. The van der Waals surface area contributed by atoms with Crippen molar-refractivity contribution >= 4 is 34.4 Å². The number of likely N-dealkylation sites (tertiary alicyclic amines) is 2. The monoisotopic (exact) mass is 640 g/mol. The predicted octanol–water partition coefficient (Wildman–Crippen LogP) is 3.48. The van der Waals surface area contributed by atoms with E-state index < -0.39 is 5.92 Å². The predicted molar refractivity (Wildman–Crippen MR) is 182 cm³/mol. The fourth-order valence-corrected chi connectivity index (χ4v) is 8.10. The lowest BCUT2D eigenvalue weighted by Gasteiger charge is -2.40. The summed E-state index contributed by atoms with van der Waals surface area (Å²) in [5.74, 6) is -0.290. The largest absolute Gasteiger partial charge is 0.343 e. The molecule has 3 aromatic rings. The molecule has 1 unspecified atom stereocenters. The van der Waals surface area contributed by atoms with E-state index in [1.54, 1.807) is 6.20 Å². The first kappa shape index (κ1) is 31.6. The van der Waals surface area contributed by atoms with Crippen LogP contribution < -0.4 is 10.6 Å². The fourth-order valence-electron chi connectivity index (χ4n) is 8.10. The molecule has 4 aliphatic rings. The van der Waals surface area contributed by atoms with Gasteiger partial charge in [-0.2, -0.15) is 5.10 Å². The second-order valence-corrected chi connectivity index (χ2v) is 13.7. The van der Waals surface area contributed by atoms with Crippen molar-refractivity contribution in [2.75, 3.05) is 64.2 Å². The molecule has 4 amide bonds. The average Bonchev–Trinajstić information content (AvgIpc) is 3.29. The lowest BCUT2D eigenvalue weighted by Crippen LogP contribution is -2.51. The number of hydrogen-bond acceptors (Lipinski definition) is 6. The molecule has 0 saturated carbocycles. The first-order chi connectivity index (χ1) is 23.0. The molecule has 7 rings (SSSR count). The summed E-state index contributed by atoms with van der Waals surface area (Å²) in [6, 6.07) is 14.7. The number of H-pyrrole nitrogens is 1. The van der Waals surface area contributed by atoms with Gasteiger partial charge >= 0.3 is 6.03 Å². The smallest absolute Gasteiger partial charge is 0.322 e. The van der Waals surface area contributed by atoms with Crippen LogP contribution in [0.5, 0.6) is 0 Å². The van der Waals surface area contributed by atoms with Crippen LogP contribution in [-0.4, -0.2) is 119 Å². The van der Waals surface area contributed by atoms with Crippen LogP contribution in [0.2, 0.25) is 0 Å². The summed E-state index contributed by atoms with van der Waals surface area (Å²) in [7, 11) is 0. The molecule has 0 spiro atoms. The summed E-state index contributed by atoms with van der Waals surface area (Å²) in [5.41, 5.74) is 4.05. The third-order valence-corrected chi connectivity index (χ3v) is 10.8. The van der Waals surface area contributed by atoms with Gasteiger partial charge in [-0.1, -0.05) is 24.3 Å². The number of rotatable bonds is 7. The SMILES string of the molecule is O=C(CC(Cc1ccc2[nH]ncc2c1)C(=O)N1CCC(N2CCCNCC2)CC1)N1CCC(N2CCc3ccccc3NC2=O)CC1. The van der Waals surface area contributed by atoms with Crippen molar-refractivity contribution in [3.05, 3.63) is 59.8 Å². The zero-order valence-electron chi connectivity index (χ0n) is 27.3. The molecule has 11 heteroatoms. The van der Waals surface area contributed by atoms with E-state index in [9.17, 15) is 14.4 Å². The fraction of sp³-hybridized carbons (Fsp3) is 0.556. The zero-order valence-corrected chi connectivity index (χ0v) is 27.3. The maximum atomic E-state index is 14.2. The molecular formula is C36H48N8O3. The quantitative estimate of drug-likeness (QED) is 0.364. The van der Waals surface area contributed by atoms with E-state index in [1.165, 1.54) is 6.42 Å². The van der Waals surface area contributed by atoms with Gasteiger partial charge in [-0.3, -0.25) is 19.6 Å². The summed E-state index contributed by atoms with van der Waals surface area (Å²) in [5, 5.41) is 14.7. The second kappa shape index (κ2) is 14.4. The van der Waals surface area contributed by atoms with E-state index in [2.05, 4.69) is 37.9 Å². The number of para-hydroxylation sites is 1. The van der Waals surface area contributed by atoms with E-state index in [-0.39, 0.29) is 30.3 Å². The minimum Gasteiger partial charge on any atom is -0.343 e. The lowest BCUT2D eigenvalue weighted by molar-refractivity contribution is -0.143. The molecule has 47 heavy (non-hydrogen) atoms. The van der Waals surface area contributed by atoms with Gasteiger partial charge in [-0.05, 0) is 87.4 Å². The Morgan fingerprint density at radius 2 is 1.66 bits per heavy atom. The van der Waals surface area contributed by atoms with Gasteiger partial charge in [0.15, 0.2) is 0 Å². The van der Waals surface area contributed by atoms with Crippen LogP contribution in [0.3, 0.4) is 0 Å². The molecular weight excluding hydrogens is 592 g/mol. The highest BCUT2D eigenvalue weighted by atomic mass is 16.2. The standard InChI is InChI=1S/C36H48N8O3/c45-34(42-16-11-31(12-17-42)44-20-8-27-4-1-2-5-32(27)39-36(44)47)24-28(22-26-6-7-33-29(23-26)25-38-40-33)35(46)43-18-9-30(10-19-43)41-15-3-13-37-14-21-41/h1-2,4-7,23,25,28,30-31,37H,3,8-22,24H2,(H,38,40)(H,39,47). The topological polar surface area (TPSA) is 117 Å². The number of nitrogens with zero attached hydrogens (tertiary/aromatic N) is 5. The van der Waals surface area contributed by atoms with Crippen molar-refractivity contribution < 1.29 is 14.4 Å². The molecule has 2 aromatic carbocycles. The van der Waals surface area contributed by atoms with Crippen LogP contribution in [0.15, 0.2) is 48.7 Å². The molecule has 250 valence electrons. The molecule has 3 saturated heterocycles. The minimum absolute atomic E-state index is 0.0332. The summed E-state index contributed by atoms with van der Waals surface area (Å²) >= 11 is 0. The van der Waals surface area contributed by atoms with Crippen molar-refractivity contribution in [2.45, 2.75) is 63.5 Å². The Hall–Kier alpha value is -3.96. The number of urea groups is 1. The Morgan fingerprint density at radius 3 is 2.51 bits per heavy atom. The first-order valence-electron chi connectivity index (χ1n) is 17.6. The number of carbonyl (C=O) groups excluding carboxylic acids is 3. The van der Waals surface area contributed by atoms with Gasteiger partial charge in [0.25, 0.3) is 0 Å². The number of amides is 4. The maximum absolute atomic E-state index is 14.2. The average molecular weight is 641 g/mol. The molecule has 0 aliphatic carbocycles. The summed E-state index contributed by atoms with van der Waals surface area (Å²) in [4.78, 5) is 49.6. The summed E-state index contributed by atoms with van der Waals surface area (Å²) < 4.78 is 0. The Kier molecular flexibility index (Phi) is 9.71. The van der Waals surface area contributed by atoms with Gasteiger partial charge in [0.1, 0.15) is 0 Å². The minimum atomic E-state index is -0.418. The van der Waals surface area contributed by atoms with Gasteiger partial charge in [-0.15, -0.1) is 0 Å². The molecule has 5 heterocycles. The van der Waals surface area contributed by atoms with E-state index in [1.807, 2.05) is 45.0 Å². The number of carbonyl (C=O) groups is 3. The molecule has 1 aromatic heterocycles. The Bertz CT molecular complexity index is 1550. The highest BCUT2D eigenvalue weighted by molar-refractivity contribution is 5.91. The molecule has 1 atom stereocenters. The number of anilines is 1. The number of aromatic amines is 1. The van der Waals surface area contributed by atoms with Crippen molar-refractivity contribution in [3.8, 4) is 0 Å². The number of nitrogens with one attached hydrogen (secondary N) is 3. The summed E-state index contributed by atoms with van der Waals surface area (Å²) in [6.07, 6.45) is 7.95. The number of hydrogen-bond donors (Lipinski definition) is 3. The van der Waals surface area contributed by atoms with Gasteiger partial charge in [0.2, 0.25) is 11.8 Å². The highest BCUT2D eigenvalue weighted by Gasteiger charge is 2.35. The van der Waals surface area contributed by atoms with Crippen LogP contribution in [-0.2, 0) is 22.4 Å². The maximum Gasteiger partial charge on any atom is 0.322 e. The Morgan fingerprint density at radius 1 is 0.872 bits per heavy atom. The van der Waals surface area contributed by atoms with Gasteiger partial charge in [0.05, 0.1) is 17.6 Å². The van der Waals surface area contributed by atoms with Crippen molar-refractivity contribution in [2.24, 2.45) is 5.92 Å². The number of piperidine rings is 2. The van der Waals surface area contributed by atoms with Crippen molar-refractivity contribution in [3.63, 3.8) is 0 Å². The second-order valence-electron chi connectivity index (χ2n) is 13.7. The Balaban J connectivity index is 0.984. The number of benzene rings is 2. The van der Waals surface area contributed by atoms with Gasteiger partial charge in [0, 0.05) is 75.4 Å². The van der Waals surface area contributed by atoms with E-state index in [0.717, 1.165) is 99.1 Å². The lowest BCUT2D eigenvalue weighted by atomic mass is 9.91. The molecule has 3 N–H and O–H groups in total. The van der Waals surface area contributed by atoms with Crippen LogP contribution in [0.25, 0.3) is 10.9 Å². The van der Waals surface area contributed by atoms with Crippen LogP contribution in [0.4, 0.5) is 10.5 Å². The number of fused-ring (bicyclic) bond motifs is 2. The molecule has 0 bridgehead atoms.